The van der Waals surface area contributed by atoms with E-state index < -0.39 is 5.97 Å². The van der Waals surface area contributed by atoms with Gasteiger partial charge in [0.2, 0.25) is 5.91 Å². The van der Waals surface area contributed by atoms with Crippen molar-refractivity contribution in [1.82, 2.24) is 15.1 Å². The molecule has 130 valence electrons. The normalized spacial score (nSPS) is 11.1. The number of nitrogens with two attached hydrogens (primary N) is 1. The van der Waals surface area contributed by atoms with Crippen LogP contribution in [0.25, 0.3) is 0 Å². The lowest BCUT2D eigenvalue weighted by Gasteiger charge is -2.25. The zero-order valence-electron chi connectivity index (χ0n) is 12.3. The number of carboxylic acid groups (broad SMARTS) is 1. The Morgan fingerprint density at radius 2 is 1.50 bits per heavy atom. The summed E-state index contributed by atoms with van der Waals surface area (Å²) >= 11 is 0. The lowest BCUT2D eigenvalue weighted by Crippen LogP contribution is -2.45. The number of hydrogen-bond donors (Lipinski definition) is 5. The van der Waals surface area contributed by atoms with E-state index in [-0.39, 0.29) is 38.9 Å². The summed E-state index contributed by atoms with van der Waals surface area (Å²) in [5.41, 5.74) is 5.19. The third-order valence-electron chi connectivity index (χ3n) is 2.76. The molecule has 0 aromatic carbocycles. The van der Waals surface area contributed by atoms with Gasteiger partial charge in [0, 0.05) is 26.2 Å². The summed E-state index contributed by atoms with van der Waals surface area (Å²) in [4.78, 5) is 33.5. The molecule has 0 aliphatic carbocycles. The predicted octanol–water partition coefficient (Wildman–Crippen LogP) is -2.31. The van der Waals surface area contributed by atoms with E-state index in [0.717, 1.165) is 0 Å². The molecule has 0 atom stereocenters. The first-order valence-electron chi connectivity index (χ1n) is 6.69. The van der Waals surface area contributed by atoms with E-state index in [1.54, 1.807) is 4.90 Å². The lowest BCUT2D eigenvalue weighted by molar-refractivity contribution is -0.251. The molecule has 11 nitrogen and oxygen atoms in total. The van der Waals surface area contributed by atoms with Crippen LogP contribution < -0.4 is 11.1 Å². The Labute approximate surface area is 128 Å². The summed E-state index contributed by atoms with van der Waals surface area (Å²) < 4.78 is 0. The molecule has 0 aliphatic heterocycles. The van der Waals surface area contributed by atoms with Crippen molar-refractivity contribution in [2.75, 3.05) is 59.2 Å². The van der Waals surface area contributed by atoms with Crippen LogP contribution in [0.1, 0.15) is 0 Å². The van der Waals surface area contributed by atoms with E-state index in [2.05, 4.69) is 15.1 Å². The van der Waals surface area contributed by atoms with Crippen LogP contribution in [0.3, 0.4) is 0 Å². The van der Waals surface area contributed by atoms with Crippen LogP contribution in [-0.2, 0) is 19.4 Å². The molecule has 0 bridgehead atoms. The number of carbonyl (C=O) groups is 2. The number of nitrogens with zero attached hydrogens (tertiary/aromatic N) is 2. The van der Waals surface area contributed by atoms with Gasteiger partial charge in [0.1, 0.15) is 0 Å². The Hall–Kier alpha value is -1.34. The Balaban J connectivity index is 4.39. The first kappa shape index (κ1) is 20.7. The van der Waals surface area contributed by atoms with Gasteiger partial charge >= 0.3 is 5.97 Å². The molecule has 0 heterocycles. The fourth-order valence-electron chi connectivity index (χ4n) is 1.74. The van der Waals surface area contributed by atoms with Crippen LogP contribution in [0.2, 0.25) is 0 Å². The lowest BCUT2D eigenvalue weighted by atomic mass is 10.4. The third-order valence-corrected chi connectivity index (χ3v) is 2.76. The van der Waals surface area contributed by atoms with Gasteiger partial charge in [-0.1, -0.05) is 0 Å². The van der Waals surface area contributed by atoms with Crippen molar-refractivity contribution in [2.24, 2.45) is 5.73 Å². The molecule has 0 rings (SSSR count). The molecule has 1 amide bonds. The van der Waals surface area contributed by atoms with Gasteiger partial charge in [-0.15, -0.1) is 0 Å². The average Bonchev–Trinajstić information content (AvgIpc) is 2.45. The topological polar surface area (TPSA) is 158 Å². The highest BCUT2D eigenvalue weighted by molar-refractivity contribution is 5.78. The smallest absolute Gasteiger partial charge is 0.317 e. The molecular formula is C11H24N4O7. The molecule has 0 fully saturated rings. The van der Waals surface area contributed by atoms with E-state index in [1.165, 1.54) is 4.90 Å². The van der Waals surface area contributed by atoms with Crippen LogP contribution in [0.5, 0.6) is 0 Å². The molecule has 0 spiro atoms. The summed E-state index contributed by atoms with van der Waals surface area (Å²) in [7, 11) is 0. The van der Waals surface area contributed by atoms with Crippen LogP contribution in [-0.4, -0.2) is 96.4 Å². The Morgan fingerprint density at radius 3 is 1.95 bits per heavy atom. The molecule has 0 saturated heterocycles. The van der Waals surface area contributed by atoms with Gasteiger partial charge in [-0.3, -0.25) is 29.9 Å². The summed E-state index contributed by atoms with van der Waals surface area (Å²) in [6, 6.07) is 0. The number of carboxylic acids is 1. The molecular weight excluding hydrogens is 300 g/mol. The third kappa shape index (κ3) is 11.3. The van der Waals surface area contributed by atoms with Crippen LogP contribution in [0.4, 0.5) is 0 Å². The minimum atomic E-state index is -1.05. The van der Waals surface area contributed by atoms with E-state index in [0.29, 0.717) is 26.2 Å². The van der Waals surface area contributed by atoms with E-state index in [4.69, 9.17) is 21.4 Å². The largest absolute Gasteiger partial charge is 0.480 e. The second kappa shape index (κ2) is 13.3. The minimum Gasteiger partial charge on any atom is -0.480 e. The van der Waals surface area contributed by atoms with E-state index in [9.17, 15) is 9.59 Å². The molecule has 0 radical (unpaired) electrons. The molecule has 0 saturated carbocycles. The monoisotopic (exact) mass is 324 g/mol. The van der Waals surface area contributed by atoms with Gasteiger partial charge in [-0.25, -0.2) is 9.78 Å². The Morgan fingerprint density at radius 1 is 0.955 bits per heavy atom. The zero-order valence-corrected chi connectivity index (χ0v) is 12.3. The summed E-state index contributed by atoms with van der Waals surface area (Å²) in [5, 5.41) is 28.0. The molecule has 0 aliphatic rings. The molecule has 0 aromatic rings. The molecule has 0 unspecified atom stereocenters. The first-order chi connectivity index (χ1) is 10.5. The van der Waals surface area contributed by atoms with Crippen molar-refractivity contribution in [3.8, 4) is 0 Å². The van der Waals surface area contributed by atoms with Crippen LogP contribution in [0.15, 0.2) is 0 Å². The van der Waals surface area contributed by atoms with Gasteiger partial charge in [-0.05, 0) is 0 Å². The van der Waals surface area contributed by atoms with Crippen molar-refractivity contribution in [3.63, 3.8) is 0 Å². The molecule has 0 aromatic heterocycles. The van der Waals surface area contributed by atoms with Crippen molar-refractivity contribution in [3.05, 3.63) is 0 Å². The fraction of sp³-hybridized carbons (Fsp3) is 0.818. The number of amides is 1. The molecule has 11 heteroatoms. The fourth-order valence-corrected chi connectivity index (χ4v) is 1.74. The number of nitrogens with one attached hydrogen (secondary N) is 1. The Bertz CT molecular complexity index is 311. The molecule has 6 N–H and O–H groups in total. The second-order valence-electron chi connectivity index (χ2n) is 4.42. The zero-order chi connectivity index (χ0) is 16.8. The van der Waals surface area contributed by atoms with Crippen molar-refractivity contribution < 1.29 is 35.0 Å². The van der Waals surface area contributed by atoms with Gasteiger partial charge < -0.3 is 16.2 Å². The highest BCUT2D eigenvalue weighted by atomic mass is 17.1. The Kier molecular flexibility index (Phi) is 12.5. The quantitative estimate of drug-likeness (QED) is 0.133. The average molecular weight is 324 g/mol. The minimum absolute atomic E-state index is 0.0203. The standard InChI is InChI=1S/C11H24N4O7/c12-9-13-10(16)7-15(8-11(17)18)2-1-14(3-5-21-19)4-6-22-20/h19-20H,1-9,12H2,(H,13,16)(H,17,18). The SMILES string of the molecule is NCNC(=O)CN(CCN(CCOO)CCOO)CC(=O)O. The van der Waals surface area contributed by atoms with Crippen molar-refractivity contribution >= 4 is 11.9 Å². The van der Waals surface area contributed by atoms with Gasteiger partial charge in [0.05, 0.1) is 33.0 Å². The predicted molar refractivity (Wildman–Crippen MR) is 74.9 cm³/mol. The highest BCUT2D eigenvalue weighted by Gasteiger charge is 2.15. The summed E-state index contributed by atoms with van der Waals surface area (Å²) in [6.45, 7) is 1.11. The van der Waals surface area contributed by atoms with Gasteiger partial charge in [0.25, 0.3) is 0 Å². The maximum Gasteiger partial charge on any atom is 0.317 e. The maximum atomic E-state index is 11.5. The summed E-state index contributed by atoms with van der Waals surface area (Å²) in [5.74, 6) is -1.42. The highest BCUT2D eigenvalue weighted by Crippen LogP contribution is 1.94. The maximum absolute atomic E-state index is 11.5. The van der Waals surface area contributed by atoms with Gasteiger partial charge in [0.15, 0.2) is 0 Å². The number of aliphatic carboxylic acids is 1. The second-order valence-corrected chi connectivity index (χ2v) is 4.42. The number of carbonyl (C=O) groups excluding carboxylic acids is 1. The van der Waals surface area contributed by atoms with Crippen molar-refractivity contribution in [1.29, 1.82) is 0 Å². The summed E-state index contributed by atoms with van der Waals surface area (Å²) in [6.07, 6.45) is 0. The first-order valence-corrected chi connectivity index (χ1v) is 6.69. The number of hydrogen-bond acceptors (Lipinski definition) is 9. The van der Waals surface area contributed by atoms with Crippen LogP contribution in [0, 0.1) is 0 Å². The molecule has 22 heavy (non-hydrogen) atoms. The van der Waals surface area contributed by atoms with Crippen LogP contribution >= 0.6 is 0 Å². The van der Waals surface area contributed by atoms with Gasteiger partial charge in [-0.2, -0.15) is 0 Å². The van der Waals surface area contributed by atoms with E-state index in [1.807, 2.05) is 0 Å². The van der Waals surface area contributed by atoms with E-state index >= 15 is 0 Å². The number of rotatable bonds is 14. The van der Waals surface area contributed by atoms with Crippen molar-refractivity contribution in [2.45, 2.75) is 0 Å².